The Labute approximate surface area is 103 Å². The lowest BCUT2D eigenvalue weighted by Gasteiger charge is -2.30. The van der Waals surface area contributed by atoms with Crippen molar-refractivity contribution < 1.29 is 4.74 Å². The number of hydrogen-bond donors (Lipinski definition) is 1. The number of nitrogen functional groups attached to an aromatic ring is 1. The second kappa shape index (κ2) is 6.39. The first kappa shape index (κ1) is 13.7. The van der Waals surface area contributed by atoms with E-state index < -0.39 is 0 Å². The molecular weight excluding hydrogens is 216 g/mol. The van der Waals surface area contributed by atoms with Gasteiger partial charge in [0.1, 0.15) is 5.82 Å². The molecule has 2 N–H and O–H groups in total. The van der Waals surface area contributed by atoms with Crippen LogP contribution in [0.3, 0.4) is 0 Å². The van der Waals surface area contributed by atoms with Crippen molar-refractivity contribution in [3.63, 3.8) is 0 Å². The zero-order valence-electron chi connectivity index (χ0n) is 11.1. The van der Waals surface area contributed by atoms with Crippen molar-refractivity contribution >= 4 is 11.8 Å². The van der Waals surface area contributed by atoms with Gasteiger partial charge in [0.05, 0.1) is 6.61 Å². The summed E-state index contributed by atoms with van der Waals surface area (Å²) < 4.78 is 5.14. The Hall–Kier alpha value is -1.36. The van der Waals surface area contributed by atoms with Crippen LogP contribution in [0.1, 0.15) is 25.8 Å². The third kappa shape index (κ3) is 3.56. The van der Waals surface area contributed by atoms with Crippen LogP contribution in [0.15, 0.2) is 6.20 Å². The molecule has 1 aromatic rings. The molecule has 0 bridgehead atoms. The Morgan fingerprint density at radius 1 is 1.53 bits per heavy atom. The molecule has 0 saturated heterocycles. The van der Waals surface area contributed by atoms with Crippen molar-refractivity contribution in [2.24, 2.45) is 0 Å². The van der Waals surface area contributed by atoms with Gasteiger partial charge in [0.25, 0.3) is 0 Å². The number of anilines is 2. The lowest BCUT2D eigenvalue weighted by atomic mass is 10.2. The van der Waals surface area contributed by atoms with Gasteiger partial charge in [0.2, 0.25) is 5.95 Å². The normalized spacial score (nSPS) is 12.5. The van der Waals surface area contributed by atoms with Crippen LogP contribution in [-0.4, -0.2) is 36.3 Å². The molecule has 0 fully saturated rings. The first-order valence-electron chi connectivity index (χ1n) is 5.94. The van der Waals surface area contributed by atoms with E-state index in [4.69, 9.17) is 10.5 Å². The van der Waals surface area contributed by atoms with Crippen molar-refractivity contribution in [2.75, 3.05) is 30.9 Å². The average molecular weight is 238 g/mol. The van der Waals surface area contributed by atoms with Crippen LogP contribution >= 0.6 is 0 Å². The van der Waals surface area contributed by atoms with Gasteiger partial charge in [-0.15, -0.1) is 0 Å². The minimum Gasteiger partial charge on any atom is -0.383 e. The average Bonchev–Trinajstić information content (AvgIpc) is 2.33. The number of rotatable bonds is 6. The van der Waals surface area contributed by atoms with Crippen molar-refractivity contribution in [2.45, 2.75) is 33.2 Å². The number of nitrogens with two attached hydrogens (primary N) is 1. The molecule has 96 valence electrons. The molecule has 0 aliphatic rings. The predicted octanol–water partition coefficient (Wildman–Crippen LogP) is 1.62. The van der Waals surface area contributed by atoms with Crippen molar-refractivity contribution in [3.8, 4) is 0 Å². The minimum atomic E-state index is 0.316. The molecule has 0 aliphatic heterocycles. The summed E-state index contributed by atoms with van der Waals surface area (Å²) in [5.74, 6) is 1.22. The third-order valence-corrected chi connectivity index (χ3v) is 2.89. The van der Waals surface area contributed by atoms with E-state index in [1.54, 1.807) is 13.3 Å². The van der Waals surface area contributed by atoms with E-state index in [0.29, 0.717) is 18.6 Å². The number of aromatic nitrogens is 2. The maximum atomic E-state index is 5.66. The summed E-state index contributed by atoms with van der Waals surface area (Å²) in [5, 5.41) is 0. The first-order valence-corrected chi connectivity index (χ1v) is 5.94. The highest BCUT2D eigenvalue weighted by atomic mass is 16.5. The molecule has 0 aliphatic carbocycles. The van der Waals surface area contributed by atoms with Gasteiger partial charge in [-0.05, 0) is 20.3 Å². The van der Waals surface area contributed by atoms with Crippen LogP contribution in [0.25, 0.3) is 0 Å². The fourth-order valence-electron chi connectivity index (χ4n) is 1.68. The SMILES string of the molecule is CCC(C)N(CCOC)c1nc(N)ncc1C. The van der Waals surface area contributed by atoms with Gasteiger partial charge in [0.15, 0.2) is 0 Å². The van der Waals surface area contributed by atoms with Gasteiger partial charge in [-0.1, -0.05) is 6.92 Å². The van der Waals surface area contributed by atoms with Crippen molar-refractivity contribution in [1.82, 2.24) is 9.97 Å². The molecule has 0 aromatic carbocycles. The zero-order chi connectivity index (χ0) is 12.8. The summed E-state index contributed by atoms with van der Waals surface area (Å²) in [6.07, 6.45) is 2.81. The maximum Gasteiger partial charge on any atom is 0.221 e. The quantitative estimate of drug-likeness (QED) is 0.816. The first-order chi connectivity index (χ1) is 8.10. The number of hydrogen-bond acceptors (Lipinski definition) is 5. The monoisotopic (exact) mass is 238 g/mol. The highest BCUT2D eigenvalue weighted by molar-refractivity contribution is 5.48. The van der Waals surface area contributed by atoms with Crippen molar-refractivity contribution in [3.05, 3.63) is 11.8 Å². The molecule has 17 heavy (non-hydrogen) atoms. The van der Waals surface area contributed by atoms with E-state index in [0.717, 1.165) is 24.3 Å². The summed E-state index contributed by atoms with van der Waals surface area (Å²) in [6.45, 7) is 7.81. The largest absolute Gasteiger partial charge is 0.383 e. The number of aryl methyl sites for hydroxylation is 1. The van der Waals surface area contributed by atoms with Crippen LogP contribution in [0, 0.1) is 6.92 Å². The fraction of sp³-hybridized carbons (Fsp3) is 0.667. The molecule has 1 aromatic heterocycles. The fourth-order valence-corrected chi connectivity index (χ4v) is 1.68. The van der Waals surface area contributed by atoms with Crippen LogP contribution < -0.4 is 10.6 Å². The molecule has 5 nitrogen and oxygen atoms in total. The predicted molar refractivity (Wildman–Crippen MR) is 70.2 cm³/mol. The maximum absolute atomic E-state index is 5.66. The van der Waals surface area contributed by atoms with Gasteiger partial charge < -0.3 is 15.4 Å². The molecule has 0 radical (unpaired) electrons. The Balaban J connectivity index is 2.98. The molecule has 1 heterocycles. The third-order valence-electron chi connectivity index (χ3n) is 2.89. The van der Waals surface area contributed by atoms with Gasteiger partial charge >= 0.3 is 0 Å². The van der Waals surface area contributed by atoms with Crippen LogP contribution in [0.2, 0.25) is 0 Å². The smallest absolute Gasteiger partial charge is 0.221 e. The number of nitrogens with zero attached hydrogens (tertiary/aromatic N) is 3. The van der Waals surface area contributed by atoms with E-state index in [9.17, 15) is 0 Å². The summed E-state index contributed by atoms with van der Waals surface area (Å²) in [5.41, 5.74) is 6.69. The Morgan fingerprint density at radius 3 is 2.82 bits per heavy atom. The van der Waals surface area contributed by atoms with E-state index in [1.165, 1.54) is 0 Å². The molecule has 0 saturated carbocycles. The van der Waals surface area contributed by atoms with E-state index in [-0.39, 0.29) is 0 Å². The standard InChI is InChI=1S/C12H22N4O/c1-5-10(3)16(6-7-17-4)11-9(2)8-14-12(13)15-11/h8,10H,5-7H2,1-4H3,(H2,13,14,15). The van der Waals surface area contributed by atoms with Crippen molar-refractivity contribution in [1.29, 1.82) is 0 Å². The Kier molecular flexibility index (Phi) is 5.15. The molecule has 1 rings (SSSR count). The van der Waals surface area contributed by atoms with Crippen LogP contribution in [-0.2, 0) is 4.74 Å². The Morgan fingerprint density at radius 2 is 2.24 bits per heavy atom. The van der Waals surface area contributed by atoms with Crippen LogP contribution in [0.4, 0.5) is 11.8 Å². The molecular formula is C12H22N4O. The van der Waals surface area contributed by atoms with E-state index in [1.807, 2.05) is 6.92 Å². The summed E-state index contributed by atoms with van der Waals surface area (Å²) in [4.78, 5) is 10.5. The topological polar surface area (TPSA) is 64.3 Å². The zero-order valence-corrected chi connectivity index (χ0v) is 11.1. The highest BCUT2D eigenvalue weighted by Gasteiger charge is 2.16. The van der Waals surface area contributed by atoms with Gasteiger partial charge in [0, 0.05) is 31.5 Å². The van der Waals surface area contributed by atoms with Crippen LogP contribution in [0.5, 0.6) is 0 Å². The molecule has 0 amide bonds. The minimum absolute atomic E-state index is 0.316. The van der Waals surface area contributed by atoms with Gasteiger partial charge in [-0.25, -0.2) is 4.98 Å². The molecule has 0 spiro atoms. The summed E-state index contributed by atoms with van der Waals surface area (Å²) in [6, 6.07) is 0.401. The highest BCUT2D eigenvalue weighted by Crippen LogP contribution is 2.20. The second-order valence-electron chi connectivity index (χ2n) is 4.18. The number of ether oxygens (including phenoxy) is 1. The van der Waals surface area contributed by atoms with E-state index in [2.05, 4.69) is 28.7 Å². The molecule has 5 heteroatoms. The summed E-state index contributed by atoms with van der Waals surface area (Å²) >= 11 is 0. The lowest BCUT2D eigenvalue weighted by molar-refractivity contribution is 0.203. The molecule has 1 unspecified atom stereocenters. The van der Waals surface area contributed by atoms with Gasteiger partial charge in [-0.2, -0.15) is 4.98 Å². The van der Waals surface area contributed by atoms with E-state index >= 15 is 0 Å². The number of methoxy groups -OCH3 is 1. The van der Waals surface area contributed by atoms with Gasteiger partial charge in [-0.3, -0.25) is 0 Å². The lowest BCUT2D eigenvalue weighted by Crippen LogP contribution is -2.36. The molecule has 1 atom stereocenters. The summed E-state index contributed by atoms with van der Waals surface area (Å²) in [7, 11) is 1.70. The Bertz CT molecular complexity index is 356. The second-order valence-corrected chi connectivity index (χ2v) is 4.18.